The number of hydrogen-bond donors (Lipinski definition) is 3. The van der Waals surface area contributed by atoms with Gasteiger partial charge in [0.05, 0.1) is 24.0 Å². The molecule has 6 nitrogen and oxygen atoms in total. The first-order valence-electron chi connectivity index (χ1n) is 9.50. The van der Waals surface area contributed by atoms with Gasteiger partial charge in [0.1, 0.15) is 11.9 Å². The Labute approximate surface area is 159 Å². The van der Waals surface area contributed by atoms with E-state index in [9.17, 15) is 9.90 Å². The van der Waals surface area contributed by atoms with Gasteiger partial charge in [-0.2, -0.15) is 0 Å². The van der Waals surface area contributed by atoms with Crippen LogP contribution in [0.5, 0.6) is 5.75 Å². The number of para-hydroxylation sites is 3. The normalized spacial score (nSPS) is 19.3. The minimum absolute atomic E-state index is 0.0352. The van der Waals surface area contributed by atoms with E-state index in [1.165, 1.54) is 5.56 Å². The van der Waals surface area contributed by atoms with Crippen molar-refractivity contribution in [2.24, 2.45) is 0 Å². The molecular formula is C21H25N3O3. The Balaban J connectivity index is 1.32. The molecule has 2 aromatic carbocycles. The Bertz CT molecular complexity index is 778. The van der Waals surface area contributed by atoms with Crippen molar-refractivity contribution in [1.82, 2.24) is 5.32 Å². The summed E-state index contributed by atoms with van der Waals surface area (Å²) < 4.78 is 5.86. The molecule has 2 aromatic rings. The number of aliphatic hydroxyl groups is 1. The molecule has 142 valence electrons. The summed E-state index contributed by atoms with van der Waals surface area (Å²) in [5.41, 5.74) is 2.95. The van der Waals surface area contributed by atoms with Gasteiger partial charge in [0, 0.05) is 19.5 Å². The number of carbonyl (C=O) groups is 1. The van der Waals surface area contributed by atoms with Crippen LogP contribution in [0.15, 0.2) is 48.5 Å². The molecule has 0 radical (unpaired) electrons. The van der Waals surface area contributed by atoms with Gasteiger partial charge in [-0.25, -0.2) is 4.79 Å². The molecule has 1 saturated heterocycles. The van der Waals surface area contributed by atoms with Crippen LogP contribution in [0, 0.1) is 0 Å². The average Bonchev–Trinajstić information content (AvgIpc) is 3.11. The highest BCUT2D eigenvalue weighted by atomic mass is 16.5. The zero-order chi connectivity index (χ0) is 18.6. The Hall–Kier alpha value is -2.73. The van der Waals surface area contributed by atoms with Gasteiger partial charge in [-0.05, 0) is 36.6 Å². The number of anilines is 2. The zero-order valence-corrected chi connectivity index (χ0v) is 15.2. The van der Waals surface area contributed by atoms with Gasteiger partial charge in [-0.15, -0.1) is 0 Å². The molecule has 1 fully saturated rings. The first-order valence-corrected chi connectivity index (χ1v) is 9.50. The fourth-order valence-electron chi connectivity index (χ4n) is 3.70. The molecule has 2 aliphatic rings. The van der Waals surface area contributed by atoms with Crippen LogP contribution in [0.4, 0.5) is 16.2 Å². The standard InChI is InChI=1S/C21H25N3O3/c25-16-9-11-24(12-10-16)19-7-3-2-6-18(19)23-21(26)22-14-17-13-15-5-1-4-8-20(15)27-17/h1-8,16-17,25H,9-14H2,(H2,22,23,26). The van der Waals surface area contributed by atoms with E-state index in [1.807, 2.05) is 42.5 Å². The molecule has 27 heavy (non-hydrogen) atoms. The van der Waals surface area contributed by atoms with Crippen molar-refractivity contribution in [3.8, 4) is 5.75 Å². The monoisotopic (exact) mass is 367 g/mol. The maximum atomic E-state index is 12.4. The number of piperidine rings is 1. The zero-order valence-electron chi connectivity index (χ0n) is 15.2. The Morgan fingerprint density at radius 3 is 2.67 bits per heavy atom. The first-order chi connectivity index (χ1) is 13.2. The summed E-state index contributed by atoms with van der Waals surface area (Å²) >= 11 is 0. The summed E-state index contributed by atoms with van der Waals surface area (Å²) in [4.78, 5) is 14.6. The van der Waals surface area contributed by atoms with Gasteiger partial charge in [0.15, 0.2) is 0 Å². The van der Waals surface area contributed by atoms with Crippen LogP contribution >= 0.6 is 0 Å². The number of ether oxygens (including phenoxy) is 1. The van der Waals surface area contributed by atoms with Crippen LogP contribution in [-0.4, -0.2) is 43.0 Å². The molecular weight excluding hydrogens is 342 g/mol. The van der Waals surface area contributed by atoms with E-state index in [4.69, 9.17) is 4.74 Å². The SMILES string of the molecule is O=C(NCC1Cc2ccccc2O1)Nc1ccccc1N1CCC(O)CC1. The lowest BCUT2D eigenvalue weighted by Gasteiger charge is -2.32. The second kappa shape index (κ2) is 7.88. The number of hydrogen-bond acceptors (Lipinski definition) is 4. The molecule has 3 N–H and O–H groups in total. The van der Waals surface area contributed by atoms with E-state index in [2.05, 4.69) is 21.6 Å². The van der Waals surface area contributed by atoms with E-state index in [0.29, 0.717) is 6.54 Å². The van der Waals surface area contributed by atoms with Crippen molar-refractivity contribution in [1.29, 1.82) is 0 Å². The average molecular weight is 367 g/mol. The van der Waals surface area contributed by atoms with Crippen LogP contribution in [0.3, 0.4) is 0 Å². The van der Waals surface area contributed by atoms with Crippen molar-refractivity contribution in [2.45, 2.75) is 31.5 Å². The molecule has 0 bridgehead atoms. The topological polar surface area (TPSA) is 73.8 Å². The smallest absolute Gasteiger partial charge is 0.319 e. The van der Waals surface area contributed by atoms with Gasteiger partial charge >= 0.3 is 6.03 Å². The minimum Gasteiger partial charge on any atom is -0.488 e. The molecule has 2 aliphatic heterocycles. The third-order valence-electron chi connectivity index (χ3n) is 5.16. The summed E-state index contributed by atoms with van der Waals surface area (Å²) in [5, 5.41) is 15.6. The number of amides is 2. The van der Waals surface area contributed by atoms with Crippen molar-refractivity contribution in [2.75, 3.05) is 29.9 Å². The fourth-order valence-corrected chi connectivity index (χ4v) is 3.70. The van der Waals surface area contributed by atoms with E-state index >= 15 is 0 Å². The number of fused-ring (bicyclic) bond motifs is 1. The van der Waals surface area contributed by atoms with E-state index in [-0.39, 0.29) is 18.2 Å². The maximum Gasteiger partial charge on any atom is 0.319 e. The van der Waals surface area contributed by atoms with Crippen LogP contribution in [0.2, 0.25) is 0 Å². The lowest BCUT2D eigenvalue weighted by molar-refractivity contribution is 0.145. The lowest BCUT2D eigenvalue weighted by atomic mass is 10.1. The summed E-state index contributed by atoms with van der Waals surface area (Å²) in [6.07, 6.45) is 2.05. The predicted octanol–water partition coefficient (Wildman–Crippen LogP) is 2.77. The maximum absolute atomic E-state index is 12.4. The van der Waals surface area contributed by atoms with Gasteiger partial charge in [0.25, 0.3) is 0 Å². The summed E-state index contributed by atoms with van der Waals surface area (Å²) in [6, 6.07) is 15.5. The van der Waals surface area contributed by atoms with E-state index in [1.54, 1.807) is 0 Å². The molecule has 0 aliphatic carbocycles. The van der Waals surface area contributed by atoms with Crippen molar-refractivity contribution in [3.63, 3.8) is 0 Å². The molecule has 0 saturated carbocycles. The predicted molar refractivity (Wildman–Crippen MR) is 105 cm³/mol. The molecule has 2 amide bonds. The van der Waals surface area contributed by atoms with Crippen LogP contribution < -0.4 is 20.3 Å². The Morgan fingerprint density at radius 2 is 1.85 bits per heavy atom. The number of nitrogens with one attached hydrogen (secondary N) is 2. The quantitative estimate of drug-likeness (QED) is 0.777. The second-order valence-corrected chi connectivity index (χ2v) is 7.12. The highest BCUT2D eigenvalue weighted by molar-refractivity contribution is 5.93. The molecule has 1 unspecified atom stereocenters. The van der Waals surface area contributed by atoms with Gasteiger partial charge in [-0.1, -0.05) is 30.3 Å². The molecule has 6 heteroatoms. The van der Waals surface area contributed by atoms with Gasteiger partial charge < -0.3 is 25.4 Å². The number of urea groups is 1. The first kappa shape index (κ1) is 17.7. The second-order valence-electron chi connectivity index (χ2n) is 7.12. The summed E-state index contributed by atoms with van der Waals surface area (Å²) in [7, 11) is 0. The molecule has 0 spiro atoms. The minimum atomic E-state index is -0.237. The third-order valence-corrected chi connectivity index (χ3v) is 5.16. The molecule has 2 heterocycles. The fraction of sp³-hybridized carbons (Fsp3) is 0.381. The molecule has 1 atom stereocenters. The molecule has 0 aromatic heterocycles. The van der Waals surface area contributed by atoms with Crippen molar-refractivity contribution < 1.29 is 14.6 Å². The largest absolute Gasteiger partial charge is 0.488 e. The van der Waals surface area contributed by atoms with E-state index < -0.39 is 0 Å². The number of benzene rings is 2. The number of nitrogens with zero attached hydrogens (tertiary/aromatic N) is 1. The lowest BCUT2D eigenvalue weighted by Crippen LogP contribution is -2.38. The van der Waals surface area contributed by atoms with Crippen molar-refractivity contribution in [3.05, 3.63) is 54.1 Å². The highest BCUT2D eigenvalue weighted by Crippen LogP contribution is 2.29. The van der Waals surface area contributed by atoms with Crippen molar-refractivity contribution >= 4 is 17.4 Å². The molecule has 4 rings (SSSR count). The summed E-state index contributed by atoms with van der Waals surface area (Å²) in [5.74, 6) is 0.905. The highest BCUT2D eigenvalue weighted by Gasteiger charge is 2.23. The summed E-state index contributed by atoms with van der Waals surface area (Å²) in [6.45, 7) is 2.03. The van der Waals surface area contributed by atoms with Crippen LogP contribution in [-0.2, 0) is 6.42 Å². The van der Waals surface area contributed by atoms with Crippen LogP contribution in [0.25, 0.3) is 0 Å². The van der Waals surface area contributed by atoms with Gasteiger partial charge in [-0.3, -0.25) is 0 Å². The Morgan fingerprint density at radius 1 is 1.11 bits per heavy atom. The van der Waals surface area contributed by atoms with Crippen LogP contribution in [0.1, 0.15) is 18.4 Å². The third kappa shape index (κ3) is 4.17. The number of aliphatic hydroxyl groups excluding tert-OH is 1. The van der Waals surface area contributed by atoms with E-state index in [0.717, 1.165) is 49.5 Å². The number of rotatable bonds is 4. The number of carbonyl (C=O) groups excluding carboxylic acids is 1. The Kier molecular flexibility index (Phi) is 5.16. The van der Waals surface area contributed by atoms with Gasteiger partial charge in [0.2, 0.25) is 0 Å².